The van der Waals surface area contributed by atoms with Crippen LogP contribution in [0.1, 0.15) is 100 Å². The van der Waals surface area contributed by atoms with E-state index in [0.717, 1.165) is 32.1 Å². The number of rotatable bonds is 7. The van der Waals surface area contributed by atoms with Crippen molar-refractivity contribution in [3.63, 3.8) is 0 Å². The van der Waals surface area contributed by atoms with E-state index in [1.165, 1.54) is 11.1 Å². The fourth-order valence-corrected chi connectivity index (χ4v) is 8.64. The van der Waals surface area contributed by atoms with E-state index >= 15 is 0 Å². The molecule has 0 aromatic carbocycles. The van der Waals surface area contributed by atoms with Crippen LogP contribution in [0.3, 0.4) is 0 Å². The summed E-state index contributed by atoms with van der Waals surface area (Å²) in [6.45, 7) is 32.2. The fourth-order valence-electron chi connectivity index (χ4n) is 6.10. The van der Waals surface area contributed by atoms with Gasteiger partial charge in [0, 0.05) is 12.5 Å². The number of carbonyl (C=O) groups excluding carboxylic acids is 1. The summed E-state index contributed by atoms with van der Waals surface area (Å²) in [5.74, 6) is 0.0697. The third-order valence-electron chi connectivity index (χ3n) is 11.2. The summed E-state index contributed by atoms with van der Waals surface area (Å²) >= 11 is 0. The summed E-state index contributed by atoms with van der Waals surface area (Å²) in [4.78, 5) is 13.5. The zero-order valence-electron chi connectivity index (χ0n) is 33.6. The average molecular weight is 727 g/mol. The van der Waals surface area contributed by atoms with Gasteiger partial charge in [-0.25, -0.2) is 4.79 Å². The molecule has 0 saturated heterocycles. The second kappa shape index (κ2) is 18.3. The van der Waals surface area contributed by atoms with E-state index in [1.54, 1.807) is 6.08 Å². The van der Waals surface area contributed by atoms with Crippen LogP contribution in [0, 0.1) is 5.92 Å². The van der Waals surface area contributed by atoms with E-state index in [1.807, 2.05) is 6.08 Å². The van der Waals surface area contributed by atoms with Gasteiger partial charge in [0.25, 0.3) is 0 Å². The maximum absolute atomic E-state index is 13.5. The topological polar surface area (TPSA) is 63.2 Å². The monoisotopic (exact) mass is 726 g/mol. The van der Waals surface area contributed by atoms with Crippen LogP contribution in [0.25, 0.3) is 0 Å². The molecule has 0 saturated carbocycles. The van der Waals surface area contributed by atoms with Crippen molar-refractivity contribution in [3.05, 3.63) is 72.4 Å². The quantitative estimate of drug-likeness (QED) is 0.148. The first-order valence-electron chi connectivity index (χ1n) is 19.0. The molecule has 3 rings (SSSR count). The number of cyclic esters (lactones) is 1. The van der Waals surface area contributed by atoms with Gasteiger partial charge in [-0.1, -0.05) is 115 Å². The molecule has 8 heteroatoms. The third kappa shape index (κ3) is 13.6. The zero-order valence-corrected chi connectivity index (χ0v) is 35.6. The Hall–Kier alpha value is -1.82. The lowest BCUT2D eigenvalue weighted by Gasteiger charge is -2.40. The van der Waals surface area contributed by atoms with Gasteiger partial charge < -0.3 is 23.1 Å². The van der Waals surface area contributed by atoms with Crippen LogP contribution in [0.15, 0.2) is 72.4 Å². The first-order valence-corrected chi connectivity index (χ1v) is 24.8. The minimum absolute atomic E-state index is 0.0278. The van der Waals surface area contributed by atoms with Gasteiger partial charge in [-0.3, -0.25) is 0 Å². The molecular formula is C42H70O6Si2. The molecule has 0 spiro atoms. The van der Waals surface area contributed by atoms with Gasteiger partial charge in [0.05, 0.1) is 31.0 Å². The highest BCUT2D eigenvalue weighted by atomic mass is 28.4. The molecule has 0 fully saturated rings. The highest BCUT2D eigenvalue weighted by molar-refractivity contribution is 6.74. The summed E-state index contributed by atoms with van der Waals surface area (Å²) in [5, 5.41) is 0.0376. The van der Waals surface area contributed by atoms with Crippen molar-refractivity contribution in [3.8, 4) is 0 Å². The second-order valence-electron chi connectivity index (χ2n) is 18.0. The van der Waals surface area contributed by atoms with Crippen LogP contribution < -0.4 is 0 Å². The van der Waals surface area contributed by atoms with Gasteiger partial charge in [0.1, 0.15) is 12.2 Å². The smallest absolute Gasteiger partial charge is 0.330 e. The SMILES string of the molecule is C=C1C[C@H](C)C[C@@H]2CC=C[C@@H](CC=CC(=O)O[C@H](C(C=C[C@@H]3CC(C)=CCO3)O[Si](C)(C)C(C)(C)C)CC=C[C@H](O[Si](C)(C)C(C)(C)C)C1)O2. The molecule has 3 aliphatic rings. The minimum atomic E-state index is -2.27. The molecule has 2 bridgehead atoms. The largest absolute Gasteiger partial charge is 0.456 e. The van der Waals surface area contributed by atoms with E-state index in [9.17, 15) is 4.79 Å². The van der Waals surface area contributed by atoms with E-state index < -0.39 is 28.8 Å². The van der Waals surface area contributed by atoms with Crippen molar-refractivity contribution in [2.45, 2.75) is 173 Å². The van der Waals surface area contributed by atoms with Gasteiger partial charge in [-0.2, -0.15) is 0 Å². The van der Waals surface area contributed by atoms with Crippen molar-refractivity contribution < 1.29 is 27.9 Å². The molecule has 6 nitrogen and oxygen atoms in total. The van der Waals surface area contributed by atoms with Gasteiger partial charge in [0.15, 0.2) is 16.6 Å². The molecule has 0 aliphatic carbocycles. The van der Waals surface area contributed by atoms with E-state index in [2.05, 4.69) is 131 Å². The lowest BCUT2D eigenvalue weighted by atomic mass is 9.91. The summed E-state index contributed by atoms with van der Waals surface area (Å²) in [7, 11) is -4.36. The molecule has 7 atom stereocenters. The maximum Gasteiger partial charge on any atom is 0.330 e. The molecule has 3 aliphatic heterocycles. The van der Waals surface area contributed by atoms with Crippen molar-refractivity contribution in [1.82, 2.24) is 0 Å². The molecule has 50 heavy (non-hydrogen) atoms. The highest BCUT2D eigenvalue weighted by Crippen LogP contribution is 2.40. The first-order chi connectivity index (χ1) is 23.1. The number of ether oxygens (including phenoxy) is 3. The molecule has 0 N–H and O–H groups in total. The van der Waals surface area contributed by atoms with Gasteiger partial charge in [-0.15, -0.1) is 0 Å². The number of fused-ring (bicyclic) bond motifs is 2. The molecule has 0 aromatic rings. The first kappa shape index (κ1) is 42.6. The Kier molecular flexibility index (Phi) is 15.6. The summed E-state index contributed by atoms with van der Waals surface area (Å²) in [5.41, 5.74) is 2.51. The van der Waals surface area contributed by atoms with Crippen molar-refractivity contribution in [1.29, 1.82) is 0 Å². The van der Waals surface area contributed by atoms with E-state index in [4.69, 9.17) is 23.1 Å². The average Bonchev–Trinajstić information content (AvgIpc) is 2.97. The van der Waals surface area contributed by atoms with E-state index in [0.29, 0.717) is 25.4 Å². The Balaban J connectivity index is 2.02. The fraction of sp³-hybridized carbons (Fsp3) is 0.690. The maximum atomic E-state index is 13.5. The molecule has 3 heterocycles. The highest BCUT2D eigenvalue weighted by Gasteiger charge is 2.41. The summed E-state index contributed by atoms with van der Waals surface area (Å²) < 4.78 is 32.9. The zero-order chi connectivity index (χ0) is 37.3. The number of esters is 1. The predicted octanol–water partition coefficient (Wildman–Crippen LogP) is 11.0. The third-order valence-corrected chi connectivity index (χ3v) is 20.1. The lowest BCUT2D eigenvalue weighted by Crippen LogP contribution is -2.47. The van der Waals surface area contributed by atoms with Crippen LogP contribution in [0.4, 0.5) is 0 Å². The van der Waals surface area contributed by atoms with Crippen molar-refractivity contribution in [2.75, 3.05) is 6.61 Å². The number of hydrogen-bond acceptors (Lipinski definition) is 6. The van der Waals surface area contributed by atoms with Crippen LogP contribution in [-0.2, 0) is 27.9 Å². The molecule has 0 aromatic heterocycles. The standard InChI is InChI=1S/C42H70O6Si2/c1-31-25-26-44-35(28-31)23-24-39(48-50(12,13)42(7,8)9)38-21-15-20-37(47-49(10,11)41(4,5)6)30-33(3)27-32(2)29-36-19-14-17-34(45-36)18-16-22-40(43)46-38/h14-17,20,22-25,32,34-39H,3,18-19,21,26-30H2,1-2,4-13H3/t32-,34-,35+,36-,37-,38-,39?/m0/s1. The Morgan fingerprint density at radius 2 is 1.60 bits per heavy atom. The summed E-state index contributed by atoms with van der Waals surface area (Å²) in [6, 6.07) is 0. The minimum Gasteiger partial charge on any atom is -0.456 e. The van der Waals surface area contributed by atoms with Gasteiger partial charge in [0.2, 0.25) is 0 Å². The van der Waals surface area contributed by atoms with E-state index in [-0.39, 0.29) is 40.5 Å². The number of hydrogen-bond donors (Lipinski definition) is 0. The molecule has 0 amide bonds. The summed E-state index contributed by atoms with van der Waals surface area (Å²) in [6.07, 6.45) is 22.9. The van der Waals surface area contributed by atoms with Crippen LogP contribution in [0.2, 0.25) is 36.3 Å². The second-order valence-corrected chi connectivity index (χ2v) is 27.5. The van der Waals surface area contributed by atoms with Crippen LogP contribution >= 0.6 is 0 Å². The van der Waals surface area contributed by atoms with Crippen LogP contribution in [-0.4, -0.2) is 65.8 Å². The Morgan fingerprint density at radius 1 is 0.920 bits per heavy atom. The lowest BCUT2D eigenvalue weighted by molar-refractivity contribution is -0.146. The molecule has 1 unspecified atom stereocenters. The Morgan fingerprint density at radius 3 is 2.26 bits per heavy atom. The molecular weight excluding hydrogens is 657 g/mol. The molecule has 282 valence electrons. The Labute approximate surface area is 307 Å². The normalized spacial score (nSPS) is 29.3. The van der Waals surface area contributed by atoms with Gasteiger partial charge >= 0.3 is 5.97 Å². The van der Waals surface area contributed by atoms with Crippen molar-refractivity contribution in [2.24, 2.45) is 5.92 Å². The Bertz CT molecular complexity index is 1280. The van der Waals surface area contributed by atoms with Gasteiger partial charge in [-0.05, 0) is 87.6 Å². The molecule has 0 radical (unpaired) electrons. The predicted molar refractivity (Wildman–Crippen MR) is 213 cm³/mol. The number of carbonyl (C=O) groups is 1. The van der Waals surface area contributed by atoms with Crippen molar-refractivity contribution >= 4 is 22.6 Å². The van der Waals surface area contributed by atoms with Crippen LogP contribution in [0.5, 0.6) is 0 Å².